The molecule has 1 radical (unpaired) electrons. The molecule has 0 aliphatic carbocycles. The van der Waals surface area contributed by atoms with Gasteiger partial charge in [0.1, 0.15) is 9.79 Å². The van der Waals surface area contributed by atoms with Crippen LogP contribution in [0.15, 0.2) is 46.2 Å². The summed E-state index contributed by atoms with van der Waals surface area (Å²) in [7, 11) is -6.68. The number of hydrogen-bond acceptors (Lipinski definition) is 10. The van der Waals surface area contributed by atoms with Crippen molar-refractivity contribution in [2.45, 2.75) is 23.6 Å². The van der Waals surface area contributed by atoms with E-state index in [1.54, 1.807) is 13.8 Å². The standard InChI is InChI=1S/C11H14N2O6S.C9H10N2O6S.K/c1-3-12(4-2)11(14)9-6-5-8(13(15)16)7-10(9)20(17,18)19;1-10(2)9(12)7-4-3-6(11(13)14)5-8(7)18(15,16)17;/h5-7H,3-4H2,1-2H3,(H,17,18,19);3-5H,1-2H3,(H,15,16,17);. The van der Waals surface area contributed by atoms with Crippen LogP contribution in [-0.4, -0.2) is 136 Å². The number of hydrogen-bond donors (Lipinski definition) is 2. The van der Waals surface area contributed by atoms with E-state index >= 15 is 0 Å². The number of amides is 2. The van der Waals surface area contributed by atoms with E-state index in [2.05, 4.69) is 0 Å². The van der Waals surface area contributed by atoms with Gasteiger partial charge in [0.25, 0.3) is 43.4 Å². The van der Waals surface area contributed by atoms with E-state index in [9.17, 15) is 46.7 Å². The van der Waals surface area contributed by atoms with Gasteiger partial charge in [0.15, 0.2) is 0 Å². The van der Waals surface area contributed by atoms with Crippen molar-refractivity contribution in [1.82, 2.24) is 9.80 Å². The molecule has 0 heterocycles. The SMILES string of the molecule is CCN(CC)C(=O)c1ccc([N+](=O)[O-])cc1S(=O)(=O)O.CN(C)C(=O)c1ccc([N+](=O)[O-])cc1S(=O)(=O)O.[K]. The van der Waals surface area contributed by atoms with Crippen LogP contribution in [0.4, 0.5) is 11.4 Å². The Labute approximate surface area is 266 Å². The second-order valence-electron chi connectivity index (χ2n) is 7.50. The molecule has 0 fully saturated rings. The third kappa shape index (κ3) is 9.96. The van der Waals surface area contributed by atoms with Gasteiger partial charge in [-0.2, -0.15) is 16.8 Å². The smallest absolute Gasteiger partial charge is 0.295 e. The van der Waals surface area contributed by atoms with E-state index in [1.807, 2.05) is 0 Å². The van der Waals surface area contributed by atoms with E-state index in [0.717, 1.165) is 29.2 Å². The molecule has 0 saturated carbocycles. The van der Waals surface area contributed by atoms with Crippen molar-refractivity contribution < 1.29 is 45.4 Å². The van der Waals surface area contributed by atoms with Crippen LogP contribution in [-0.2, 0) is 20.2 Å². The third-order valence-corrected chi connectivity index (χ3v) is 6.61. The van der Waals surface area contributed by atoms with Gasteiger partial charge in [-0.05, 0) is 26.0 Å². The van der Waals surface area contributed by atoms with Crippen LogP contribution in [0.25, 0.3) is 0 Å². The molecule has 0 atom stereocenters. The average Bonchev–Trinajstić information content (AvgIpc) is 2.82. The summed E-state index contributed by atoms with van der Waals surface area (Å²) in [5.74, 6) is -1.30. The molecular formula is C20H24KN4O12S2. The quantitative estimate of drug-likeness (QED) is 0.186. The van der Waals surface area contributed by atoms with Crippen LogP contribution in [0, 0.1) is 20.2 Å². The Balaban J connectivity index is 0.000000726. The summed E-state index contributed by atoms with van der Waals surface area (Å²) >= 11 is 0. The Hall–Kier alpha value is -2.36. The number of nitro groups is 2. The third-order valence-electron chi connectivity index (χ3n) is 4.83. The first-order valence-electron chi connectivity index (χ1n) is 10.4. The number of rotatable bonds is 8. The van der Waals surface area contributed by atoms with E-state index in [1.165, 1.54) is 19.0 Å². The molecule has 2 amide bonds. The van der Waals surface area contributed by atoms with E-state index < -0.39 is 63.1 Å². The Kier molecular flexibility index (Phi) is 14.0. The molecule has 2 N–H and O–H groups in total. The summed E-state index contributed by atoms with van der Waals surface area (Å²) in [6.07, 6.45) is 0. The minimum Gasteiger partial charge on any atom is -0.345 e. The van der Waals surface area contributed by atoms with Crippen molar-refractivity contribution in [2.24, 2.45) is 0 Å². The summed E-state index contributed by atoms with van der Waals surface area (Å²) in [6, 6.07) is 5.35. The maximum Gasteiger partial charge on any atom is 0.295 e. The molecule has 0 aliphatic heterocycles. The van der Waals surface area contributed by atoms with Crippen molar-refractivity contribution in [3.8, 4) is 0 Å². The average molecular weight is 616 g/mol. The van der Waals surface area contributed by atoms with Crippen LogP contribution >= 0.6 is 0 Å². The van der Waals surface area contributed by atoms with Crippen LogP contribution < -0.4 is 0 Å². The monoisotopic (exact) mass is 615 g/mol. The van der Waals surface area contributed by atoms with E-state index in [-0.39, 0.29) is 62.5 Å². The Morgan fingerprint density at radius 3 is 1.36 bits per heavy atom. The first-order chi connectivity index (χ1) is 17.4. The number of carbonyl (C=O) groups is 2. The van der Waals surface area contributed by atoms with E-state index in [0.29, 0.717) is 25.2 Å². The number of nitrogens with zero attached hydrogens (tertiary/aromatic N) is 4. The normalized spacial score (nSPS) is 10.8. The molecule has 0 spiro atoms. The van der Waals surface area contributed by atoms with Crippen LogP contribution in [0.1, 0.15) is 34.6 Å². The summed E-state index contributed by atoms with van der Waals surface area (Å²) in [5, 5.41) is 21.2. The van der Waals surface area contributed by atoms with Crippen molar-refractivity contribution in [2.75, 3.05) is 27.2 Å². The molecule has 19 heteroatoms. The van der Waals surface area contributed by atoms with Gasteiger partial charge in [-0.3, -0.25) is 38.9 Å². The molecule has 209 valence electrons. The predicted molar refractivity (Wildman–Crippen MR) is 137 cm³/mol. The minimum absolute atomic E-state index is 0. The molecule has 2 aromatic carbocycles. The first kappa shape index (κ1) is 36.6. The Morgan fingerprint density at radius 1 is 0.769 bits per heavy atom. The summed E-state index contributed by atoms with van der Waals surface area (Å²) in [6.45, 7) is 4.11. The van der Waals surface area contributed by atoms with Crippen LogP contribution in [0.2, 0.25) is 0 Å². The molecule has 39 heavy (non-hydrogen) atoms. The Bertz CT molecular complexity index is 1470. The molecule has 2 rings (SSSR count). The predicted octanol–water partition coefficient (Wildman–Crippen LogP) is 1.49. The van der Waals surface area contributed by atoms with Crippen molar-refractivity contribution in [3.63, 3.8) is 0 Å². The Morgan fingerprint density at radius 2 is 1.10 bits per heavy atom. The van der Waals surface area contributed by atoms with Gasteiger partial charge in [0.2, 0.25) is 0 Å². The number of benzene rings is 2. The van der Waals surface area contributed by atoms with Crippen molar-refractivity contribution >= 4 is 94.8 Å². The fourth-order valence-electron chi connectivity index (χ4n) is 2.95. The molecule has 0 saturated heterocycles. The number of carbonyl (C=O) groups excluding carboxylic acids is 2. The second-order valence-corrected chi connectivity index (χ2v) is 10.3. The second kappa shape index (κ2) is 14.9. The summed E-state index contributed by atoms with van der Waals surface area (Å²) in [5.41, 5.74) is -1.67. The molecule has 0 aromatic heterocycles. The van der Waals surface area contributed by atoms with Gasteiger partial charge in [-0.1, -0.05) is 0 Å². The van der Waals surface area contributed by atoms with Crippen molar-refractivity contribution in [1.29, 1.82) is 0 Å². The number of non-ortho nitro benzene ring substituents is 2. The zero-order chi connectivity index (χ0) is 29.6. The van der Waals surface area contributed by atoms with Crippen LogP contribution in [0.3, 0.4) is 0 Å². The molecule has 16 nitrogen and oxygen atoms in total. The number of nitro benzene ring substituents is 2. The fourth-order valence-corrected chi connectivity index (χ4v) is 4.36. The molecule has 0 unspecified atom stereocenters. The zero-order valence-electron chi connectivity index (χ0n) is 21.5. The fraction of sp³-hybridized carbons (Fsp3) is 0.300. The van der Waals surface area contributed by atoms with Gasteiger partial charge in [-0.25, -0.2) is 0 Å². The molecular weight excluding hydrogens is 591 g/mol. The summed E-state index contributed by atoms with van der Waals surface area (Å²) < 4.78 is 62.9. The maximum atomic E-state index is 12.1. The van der Waals surface area contributed by atoms with Gasteiger partial charge < -0.3 is 9.80 Å². The first-order valence-corrected chi connectivity index (χ1v) is 13.3. The van der Waals surface area contributed by atoms with Gasteiger partial charge in [0, 0.05) is 103 Å². The van der Waals surface area contributed by atoms with Crippen LogP contribution in [0.5, 0.6) is 0 Å². The molecule has 2 aromatic rings. The van der Waals surface area contributed by atoms with E-state index in [4.69, 9.17) is 9.11 Å². The molecule has 0 bridgehead atoms. The topological polar surface area (TPSA) is 236 Å². The van der Waals surface area contributed by atoms with Gasteiger partial charge >= 0.3 is 0 Å². The van der Waals surface area contributed by atoms with Crippen molar-refractivity contribution in [3.05, 3.63) is 67.8 Å². The molecule has 0 aliphatic rings. The maximum absolute atomic E-state index is 12.1. The minimum atomic E-state index is -4.74. The van der Waals surface area contributed by atoms with Gasteiger partial charge in [0.05, 0.1) is 21.0 Å². The van der Waals surface area contributed by atoms with Gasteiger partial charge in [-0.15, -0.1) is 0 Å². The largest absolute Gasteiger partial charge is 0.345 e. The zero-order valence-corrected chi connectivity index (χ0v) is 26.2. The summed E-state index contributed by atoms with van der Waals surface area (Å²) in [4.78, 5) is 44.2.